The van der Waals surface area contributed by atoms with E-state index in [4.69, 9.17) is 5.11 Å². The van der Waals surface area contributed by atoms with Crippen LogP contribution in [0.3, 0.4) is 0 Å². The Morgan fingerprint density at radius 2 is 1.88 bits per heavy atom. The van der Waals surface area contributed by atoms with E-state index in [1.54, 1.807) is 24.3 Å². The largest absolute Gasteiger partial charge is 0.478 e. The van der Waals surface area contributed by atoms with E-state index in [0.717, 1.165) is 24.8 Å². The quantitative estimate of drug-likeness (QED) is 0.282. The summed E-state index contributed by atoms with van der Waals surface area (Å²) in [6, 6.07) is 6.62. The number of benzene rings is 1. The SMILES string of the molecule is O=C(CNCCc1ccc(C(=O)O)cc1)C[P+](O)(O)CC1CC=CCC1. The third kappa shape index (κ3) is 7.34. The van der Waals surface area contributed by atoms with Crippen molar-refractivity contribution >= 4 is 19.5 Å². The Kier molecular flexibility index (Phi) is 7.91. The van der Waals surface area contributed by atoms with Crippen LogP contribution in [0.25, 0.3) is 0 Å². The maximum atomic E-state index is 12.0. The van der Waals surface area contributed by atoms with Gasteiger partial charge in [0.25, 0.3) is 7.72 Å². The summed E-state index contributed by atoms with van der Waals surface area (Å²) in [4.78, 5) is 43.2. The molecule has 0 bridgehead atoms. The Labute approximate surface area is 154 Å². The molecule has 1 atom stereocenters. The number of carboxylic acids is 1. The number of Topliss-reactive ketones (excluding diaryl/α,β-unsaturated/α-hetero) is 1. The minimum atomic E-state index is -3.17. The Bertz CT molecular complexity index is 642. The number of hydrogen-bond acceptors (Lipinski definition) is 5. The molecule has 7 heteroatoms. The van der Waals surface area contributed by atoms with Crippen LogP contribution in [0.4, 0.5) is 0 Å². The van der Waals surface area contributed by atoms with Crippen LogP contribution in [-0.2, 0) is 11.2 Å². The number of ketones is 1. The van der Waals surface area contributed by atoms with Crippen molar-refractivity contribution in [3.05, 3.63) is 47.5 Å². The number of hydrogen-bond donors (Lipinski definition) is 4. The molecule has 1 aliphatic carbocycles. The summed E-state index contributed by atoms with van der Waals surface area (Å²) >= 11 is 0. The van der Waals surface area contributed by atoms with Gasteiger partial charge in [-0.3, -0.25) is 4.79 Å². The molecule has 0 radical (unpaired) electrons. The number of carbonyl (C=O) groups is 2. The average Bonchev–Trinajstić information content (AvgIpc) is 2.59. The van der Waals surface area contributed by atoms with Crippen LogP contribution >= 0.6 is 7.72 Å². The fourth-order valence-corrected chi connectivity index (χ4v) is 5.08. The molecule has 1 aromatic carbocycles. The minimum Gasteiger partial charge on any atom is -0.478 e. The van der Waals surface area contributed by atoms with E-state index < -0.39 is 13.7 Å². The van der Waals surface area contributed by atoms with Gasteiger partial charge in [-0.1, -0.05) is 24.3 Å². The van der Waals surface area contributed by atoms with E-state index in [-0.39, 0.29) is 30.0 Å². The molecule has 0 spiro atoms. The molecule has 1 unspecified atom stereocenters. The van der Waals surface area contributed by atoms with Crippen molar-refractivity contribution < 1.29 is 24.5 Å². The van der Waals surface area contributed by atoms with Gasteiger partial charge in [0.05, 0.1) is 12.1 Å². The summed E-state index contributed by atoms with van der Waals surface area (Å²) in [5.41, 5.74) is 1.23. The van der Waals surface area contributed by atoms with Gasteiger partial charge in [0.2, 0.25) is 0 Å². The lowest BCUT2D eigenvalue weighted by Crippen LogP contribution is -2.28. The Morgan fingerprint density at radius 1 is 1.15 bits per heavy atom. The van der Waals surface area contributed by atoms with Crippen molar-refractivity contribution in [2.24, 2.45) is 5.92 Å². The molecule has 0 aromatic heterocycles. The first-order chi connectivity index (χ1) is 12.4. The smallest absolute Gasteiger partial charge is 0.335 e. The summed E-state index contributed by atoms with van der Waals surface area (Å²) < 4.78 is 0. The highest BCUT2D eigenvalue weighted by atomic mass is 31.2. The molecule has 6 nitrogen and oxygen atoms in total. The highest BCUT2D eigenvalue weighted by Gasteiger charge is 2.38. The highest BCUT2D eigenvalue weighted by Crippen LogP contribution is 2.52. The van der Waals surface area contributed by atoms with Gasteiger partial charge in [-0.25, -0.2) is 14.6 Å². The zero-order valence-electron chi connectivity index (χ0n) is 14.8. The van der Waals surface area contributed by atoms with Crippen molar-refractivity contribution in [1.29, 1.82) is 0 Å². The van der Waals surface area contributed by atoms with Crippen LogP contribution in [0.5, 0.6) is 0 Å². The molecule has 1 aromatic rings. The van der Waals surface area contributed by atoms with E-state index in [1.165, 1.54) is 0 Å². The zero-order chi connectivity index (χ0) is 19.0. The number of carboxylic acid groups (broad SMARTS) is 1. The number of aromatic carboxylic acids is 1. The van der Waals surface area contributed by atoms with Crippen molar-refractivity contribution in [2.75, 3.05) is 25.4 Å². The Balaban J connectivity index is 1.66. The standard InChI is InChI=1S/C19H26NO5P/c21-18(14-26(24,25)13-16-4-2-1-3-5-16)12-20-11-10-15-6-8-17(9-7-15)19(22)23/h1-2,6-9,16,20,24-25H,3-5,10-14H2/p+1. The minimum absolute atomic E-state index is 0.112. The Hall–Kier alpha value is -1.59. The Morgan fingerprint density at radius 3 is 2.50 bits per heavy atom. The molecule has 0 aliphatic heterocycles. The second-order valence-corrected chi connectivity index (χ2v) is 9.28. The molecular weight excluding hydrogens is 353 g/mol. The van der Waals surface area contributed by atoms with E-state index in [2.05, 4.69) is 17.5 Å². The number of rotatable bonds is 10. The lowest BCUT2D eigenvalue weighted by atomic mass is 9.96. The lowest BCUT2D eigenvalue weighted by Gasteiger charge is -2.20. The molecule has 0 saturated heterocycles. The van der Waals surface area contributed by atoms with E-state index in [9.17, 15) is 19.4 Å². The fraction of sp³-hybridized carbons (Fsp3) is 0.474. The summed E-state index contributed by atoms with van der Waals surface area (Å²) in [5, 5.41) is 11.9. The second kappa shape index (κ2) is 9.93. The van der Waals surface area contributed by atoms with Gasteiger partial charge in [-0.2, -0.15) is 0 Å². The first-order valence-electron chi connectivity index (χ1n) is 8.88. The number of nitrogens with one attached hydrogen (secondary N) is 1. The second-order valence-electron chi connectivity index (χ2n) is 6.84. The van der Waals surface area contributed by atoms with E-state index in [0.29, 0.717) is 19.1 Å². The van der Waals surface area contributed by atoms with Crippen LogP contribution in [0, 0.1) is 5.92 Å². The molecule has 1 aliphatic rings. The summed E-state index contributed by atoms with van der Waals surface area (Å²) in [5.74, 6) is -0.877. The predicted molar refractivity (Wildman–Crippen MR) is 103 cm³/mol. The van der Waals surface area contributed by atoms with E-state index in [1.807, 2.05) is 0 Å². The van der Waals surface area contributed by atoms with Gasteiger partial charge >= 0.3 is 5.97 Å². The molecule has 142 valence electrons. The maximum absolute atomic E-state index is 12.0. The number of carbonyl (C=O) groups excluding carboxylic acids is 1. The molecule has 2 rings (SSSR count). The topological polar surface area (TPSA) is 107 Å². The molecule has 0 saturated carbocycles. The normalized spacial score (nSPS) is 17.2. The van der Waals surface area contributed by atoms with Crippen molar-refractivity contribution in [1.82, 2.24) is 5.32 Å². The van der Waals surface area contributed by atoms with Gasteiger partial charge < -0.3 is 10.4 Å². The molecule has 0 amide bonds. The predicted octanol–water partition coefficient (Wildman–Crippen LogP) is 2.27. The van der Waals surface area contributed by atoms with Crippen molar-refractivity contribution in [2.45, 2.75) is 25.7 Å². The first kappa shape index (κ1) is 20.7. The third-order valence-electron chi connectivity index (χ3n) is 4.47. The summed E-state index contributed by atoms with van der Waals surface area (Å²) in [6.45, 7) is 0.675. The first-order valence-corrected chi connectivity index (χ1v) is 10.9. The fourth-order valence-electron chi connectivity index (χ4n) is 3.11. The summed E-state index contributed by atoms with van der Waals surface area (Å²) in [6.07, 6.45) is 7.79. The third-order valence-corrected chi connectivity index (χ3v) is 6.43. The average molecular weight is 380 g/mol. The van der Waals surface area contributed by atoms with Gasteiger partial charge in [-0.05, 0) is 49.9 Å². The molecule has 26 heavy (non-hydrogen) atoms. The van der Waals surface area contributed by atoms with Crippen LogP contribution in [0.1, 0.15) is 35.2 Å². The van der Waals surface area contributed by atoms with Crippen LogP contribution in [0.2, 0.25) is 0 Å². The molecule has 0 fully saturated rings. The van der Waals surface area contributed by atoms with Crippen LogP contribution in [0.15, 0.2) is 36.4 Å². The van der Waals surface area contributed by atoms with Gasteiger partial charge in [0.15, 0.2) is 11.9 Å². The molecular formula is C19H27NO5P+. The van der Waals surface area contributed by atoms with Gasteiger partial charge in [-0.15, -0.1) is 0 Å². The lowest BCUT2D eigenvalue weighted by molar-refractivity contribution is -0.116. The highest BCUT2D eigenvalue weighted by molar-refractivity contribution is 7.65. The van der Waals surface area contributed by atoms with Crippen LogP contribution < -0.4 is 5.32 Å². The molecule has 0 heterocycles. The summed E-state index contributed by atoms with van der Waals surface area (Å²) in [7, 11) is -3.17. The van der Waals surface area contributed by atoms with Crippen molar-refractivity contribution in [3.8, 4) is 0 Å². The van der Waals surface area contributed by atoms with Crippen molar-refractivity contribution in [3.63, 3.8) is 0 Å². The maximum Gasteiger partial charge on any atom is 0.335 e. The number of allylic oxidation sites excluding steroid dienone is 2. The van der Waals surface area contributed by atoms with Crippen LogP contribution in [-0.4, -0.2) is 52.1 Å². The van der Waals surface area contributed by atoms with Gasteiger partial charge in [0.1, 0.15) is 6.16 Å². The zero-order valence-corrected chi connectivity index (χ0v) is 15.7. The monoisotopic (exact) mass is 380 g/mol. The van der Waals surface area contributed by atoms with Gasteiger partial charge in [0, 0.05) is 5.92 Å². The van der Waals surface area contributed by atoms with E-state index >= 15 is 0 Å². The molecule has 4 N–H and O–H groups in total.